The Hall–Kier alpha value is -2.76. The summed E-state index contributed by atoms with van der Waals surface area (Å²) in [7, 11) is 0. The van der Waals surface area contributed by atoms with E-state index in [1.54, 1.807) is 24.3 Å². The first-order valence-electron chi connectivity index (χ1n) is 5.37. The van der Waals surface area contributed by atoms with Gasteiger partial charge in [-0.2, -0.15) is 4.39 Å². The van der Waals surface area contributed by atoms with E-state index in [2.05, 4.69) is 5.32 Å². The van der Waals surface area contributed by atoms with Crippen molar-refractivity contribution < 1.29 is 14.1 Å². The summed E-state index contributed by atoms with van der Waals surface area (Å²) in [5.74, 6) is 0. The van der Waals surface area contributed by atoms with Gasteiger partial charge in [-0.1, -0.05) is 0 Å². The van der Waals surface area contributed by atoms with E-state index in [1.165, 1.54) is 24.3 Å². The van der Waals surface area contributed by atoms with Crippen LogP contribution in [0.3, 0.4) is 0 Å². The Morgan fingerprint density at radius 3 is 1.89 bits per heavy atom. The van der Waals surface area contributed by atoms with E-state index in [9.17, 15) is 19.3 Å². The van der Waals surface area contributed by atoms with E-state index < -0.39 is 11.0 Å². The largest absolute Gasteiger partial charge is 0.356 e. The van der Waals surface area contributed by atoms with Crippen molar-refractivity contribution >= 4 is 23.1 Å². The fourth-order valence-corrected chi connectivity index (χ4v) is 1.52. The van der Waals surface area contributed by atoms with Gasteiger partial charge >= 0.3 is 6.04 Å². The Bertz CT molecular complexity index is 553. The fourth-order valence-electron chi connectivity index (χ4n) is 1.52. The Balaban J connectivity index is 2.12. The van der Waals surface area contributed by atoms with Crippen molar-refractivity contribution in [3.8, 4) is 0 Å². The van der Waals surface area contributed by atoms with Crippen LogP contribution in [-0.4, -0.2) is 11.0 Å². The summed E-state index contributed by atoms with van der Waals surface area (Å²) in [4.78, 5) is 20.5. The number of carbonyl (C=O) groups excluding carboxylic acids is 1. The van der Waals surface area contributed by atoms with E-state index in [0.717, 1.165) is 0 Å². The second kappa shape index (κ2) is 5.26. The highest BCUT2D eigenvalue weighted by molar-refractivity contribution is 5.88. The molecule has 0 aromatic heterocycles. The number of carbonyl (C=O) groups is 1. The molecular weight excluding hydrogens is 251 g/mol. The lowest BCUT2D eigenvalue weighted by Gasteiger charge is -2.06. The van der Waals surface area contributed by atoms with Gasteiger partial charge in [0.2, 0.25) is 0 Å². The standard InChI is InChI=1S/C13H9FN2O3/c14-13(17)9-1-3-10(4-2-9)15-11-5-7-12(8-6-11)16(18)19/h1-8,15H. The summed E-state index contributed by atoms with van der Waals surface area (Å²) in [5.41, 5.74) is 1.29. The third-order valence-corrected chi connectivity index (χ3v) is 2.48. The van der Waals surface area contributed by atoms with Gasteiger partial charge in [0, 0.05) is 23.5 Å². The third-order valence-electron chi connectivity index (χ3n) is 2.48. The van der Waals surface area contributed by atoms with Crippen molar-refractivity contribution in [1.29, 1.82) is 0 Å². The van der Waals surface area contributed by atoms with Crippen LogP contribution in [0.25, 0.3) is 0 Å². The Kier molecular flexibility index (Phi) is 3.51. The van der Waals surface area contributed by atoms with Crippen molar-refractivity contribution in [3.63, 3.8) is 0 Å². The normalized spacial score (nSPS) is 9.95. The van der Waals surface area contributed by atoms with Crippen molar-refractivity contribution in [1.82, 2.24) is 0 Å². The first-order chi connectivity index (χ1) is 9.06. The maximum Gasteiger partial charge on any atom is 0.332 e. The SMILES string of the molecule is O=C(F)c1ccc(Nc2ccc([N+](=O)[O-])cc2)cc1. The maximum atomic E-state index is 12.4. The molecule has 0 bridgehead atoms. The van der Waals surface area contributed by atoms with E-state index >= 15 is 0 Å². The zero-order chi connectivity index (χ0) is 13.8. The molecule has 0 spiro atoms. The molecule has 0 aliphatic rings. The van der Waals surface area contributed by atoms with Crippen molar-refractivity contribution in [3.05, 3.63) is 64.2 Å². The van der Waals surface area contributed by atoms with Crippen LogP contribution < -0.4 is 5.32 Å². The minimum Gasteiger partial charge on any atom is -0.356 e. The molecule has 19 heavy (non-hydrogen) atoms. The molecule has 0 amide bonds. The maximum absolute atomic E-state index is 12.4. The number of nitro benzene ring substituents is 1. The lowest BCUT2D eigenvalue weighted by atomic mass is 10.2. The Labute approximate surface area is 107 Å². The summed E-state index contributed by atoms with van der Waals surface area (Å²) in [5, 5.41) is 13.5. The molecule has 0 saturated heterocycles. The molecule has 0 radical (unpaired) electrons. The Morgan fingerprint density at radius 2 is 1.47 bits per heavy atom. The number of non-ortho nitro benzene ring substituents is 1. The number of nitro groups is 1. The van der Waals surface area contributed by atoms with Crippen molar-refractivity contribution in [2.24, 2.45) is 0 Å². The monoisotopic (exact) mass is 260 g/mol. The van der Waals surface area contributed by atoms with Gasteiger partial charge in [-0.05, 0) is 36.4 Å². The van der Waals surface area contributed by atoms with Gasteiger partial charge in [0.25, 0.3) is 5.69 Å². The summed E-state index contributed by atoms with van der Waals surface area (Å²) in [6, 6.07) is 10.2. The number of halogens is 1. The van der Waals surface area contributed by atoms with E-state index in [-0.39, 0.29) is 11.3 Å². The highest BCUT2D eigenvalue weighted by atomic mass is 19.1. The molecule has 2 aromatic rings. The van der Waals surface area contributed by atoms with Gasteiger partial charge in [-0.3, -0.25) is 14.9 Å². The molecule has 0 unspecified atom stereocenters. The minimum atomic E-state index is -1.48. The first kappa shape index (κ1) is 12.7. The summed E-state index contributed by atoms with van der Waals surface area (Å²) in [6.45, 7) is 0. The lowest BCUT2D eigenvalue weighted by Crippen LogP contribution is -1.93. The smallest absolute Gasteiger partial charge is 0.332 e. The number of rotatable bonds is 4. The number of nitrogens with zero attached hydrogens (tertiary/aromatic N) is 1. The van der Waals surface area contributed by atoms with Gasteiger partial charge in [0.1, 0.15) is 0 Å². The fraction of sp³-hybridized carbons (Fsp3) is 0. The number of hydrogen-bond donors (Lipinski definition) is 1. The molecule has 6 heteroatoms. The van der Waals surface area contributed by atoms with Crippen molar-refractivity contribution in [2.45, 2.75) is 0 Å². The van der Waals surface area contributed by atoms with Crippen LogP contribution in [0, 0.1) is 10.1 Å². The molecule has 0 saturated carbocycles. The average molecular weight is 260 g/mol. The summed E-state index contributed by atoms with van der Waals surface area (Å²) in [6.07, 6.45) is 0. The second-order valence-corrected chi connectivity index (χ2v) is 3.78. The molecule has 0 aliphatic carbocycles. The first-order valence-corrected chi connectivity index (χ1v) is 5.37. The molecule has 0 atom stereocenters. The molecule has 0 fully saturated rings. The molecule has 2 rings (SSSR count). The molecule has 0 heterocycles. The summed E-state index contributed by atoms with van der Waals surface area (Å²) >= 11 is 0. The second-order valence-electron chi connectivity index (χ2n) is 3.78. The predicted molar refractivity (Wildman–Crippen MR) is 68.3 cm³/mol. The van der Waals surface area contributed by atoms with Crippen LogP contribution >= 0.6 is 0 Å². The van der Waals surface area contributed by atoms with E-state index in [0.29, 0.717) is 11.4 Å². The summed E-state index contributed by atoms with van der Waals surface area (Å²) < 4.78 is 12.4. The van der Waals surface area contributed by atoms with Crippen molar-refractivity contribution in [2.75, 3.05) is 5.32 Å². The van der Waals surface area contributed by atoms with Gasteiger partial charge in [-0.25, -0.2) is 0 Å². The number of benzene rings is 2. The van der Waals surface area contributed by atoms with Crippen LogP contribution in [0.5, 0.6) is 0 Å². The van der Waals surface area contributed by atoms with Crippen LogP contribution in [0.15, 0.2) is 48.5 Å². The molecular formula is C13H9FN2O3. The number of nitrogens with one attached hydrogen (secondary N) is 1. The number of anilines is 2. The predicted octanol–water partition coefficient (Wildman–Crippen LogP) is 3.45. The molecule has 0 aliphatic heterocycles. The number of hydrogen-bond acceptors (Lipinski definition) is 4. The van der Waals surface area contributed by atoms with Gasteiger partial charge in [-0.15, -0.1) is 0 Å². The Morgan fingerprint density at radius 1 is 1.00 bits per heavy atom. The highest BCUT2D eigenvalue weighted by Crippen LogP contribution is 2.20. The zero-order valence-corrected chi connectivity index (χ0v) is 9.67. The quantitative estimate of drug-likeness (QED) is 0.519. The molecule has 96 valence electrons. The highest BCUT2D eigenvalue weighted by Gasteiger charge is 2.05. The zero-order valence-electron chi connectivity index (χ0n) is 9.67. The molecule has 5 nitrogen and oxygen atoms in total. The average Bonchev–Trinajstić information content (AvgIpc) is 2.40. The van der Waals surface area contributed by atoms with Crippen LogP contribution in [0.1, 0.15) is 10.4 Å². The molecule has 1 N–H and O–H groups in total. The van der Waals surface area contributed by atoms with Crippen LogP contribution in [0.4, 0.5) is 21.5 Å². The third kappa shape index (κ3) is 3.12. The van der Waals surface area contributed by atoms with Crippen LogP contribution in [0.2, 0.25) is 0 Å². The minimum absolute atomic E-state index is 0.00363. The van der Waals surface area contributed by atoms with Gasteiger partial charge in [0.15, 0.2) is 0 Å². The van der Waals surface area contributed by atoms with Gasteiger partial charge in [0.05, 0.1) is 10.5 Å². The van der Waals surface area contributed by atoms with E-state index in [4.69, 9.17) is 0 Å². The lowest BCUT2D eigenvalue weighted by molar-refractivity contribution is -0.384. The van der Waals surface area contributed by atoms with Crippen LogP contribution in [-0.2, 0) is 0 Å². The van der Waals surface area contributed by atoms with Gasteiger partial charge < -0.3 is 5.32 Å². The van der Waals surface area contributed by atoms with E-state index in [1.807, 2.05) is 0 Å². The topological polar surface area (TPSA) is 72.2 Å². The molecule has 2 aromatic carbocycles.